The van der Waals surface area contributed by atoms with E-state index in [1.165, 1.54) is 6.92 Å². The first-order chi connectivity index (χ1) is 18.5. The lowest BCUT2D eigenvalue weighted by Crippen LogP contribution is -2.51. The quantitative estimate of drug-likeness (QED) is 0.232. The molecule has 3 atom stereocenters. The number of sulfone groups is 1. The van der Waals surface area contributed by atoms with E-state index in [9.17, 15) is 23.1 Å². The average molecular weight is 616 g/mol. The molecule has 0 aliphatic heterocycles. The number of carbonyl (C=O) groups excluding carboxylic acids is 2. The van der Waals surface area contributed by atoms with Gasteiger partial charge in [-0.25, -0.2) is 8.42 Å². The van der Waals surface area contributed by atoms with Crippen molar-refractivity contribution in [1.82, 2.24) is 10.6 Å². The number of methoxy groups -OCH3 is 1. The Morgan fingerprint density at radius 3 is 2.40 bits per heavy atom. The summed E-state index contributed by atoms with van der Waals surface area (Å²) >= 11 is 1.05. The van der Waals surface area contributed by atoms with E-state index in [0.29, 0.717) is 19.4 Å². The third-order valence-corrected chi connectivity index (χ3v) is 8.99. The second kappa shape index (κ2) is 18.3. The van der Waals surface area contributed by atoms with Crippen molar-refractivity contribution in [2.45, 2.75) is 52.3 Å². The molecule has 2 rings (SSSR count). The highest BCUT2D eigenvalue weighted by Crippen LogP contribution is 2.17. The first kappa shape index (κ1) is 35.9. The molecule has 0 bridgehead atoms. The van der Waals surface area contributed by atoms with Gasteiger partial charge < -0.3 is 20.5 Å². The van der Waals surface area contributed by atoms with Crippen LogP contribution in [0.4, 0.5) is 0 Å². The summed E-state index contributed by atoms with van der Waals surface area (Å²) in [5, 5.41) is 17.3. The number of ether oxygens (including phenoxy) is 1. The Hall–Kier alpha value is -2.11. The fourth-order valence-electron chi connectivity index (χ4n) is 3.97. The lowest BCUT2D eigenvalue weighted by atomic mass is 10.00. The standard InChI is InChI=1S/C29H42N2O6S2.ClH/c1-21(2)13-14-39(35,36)20-25(19-38-22(3)32)29(34)31-27(16-23-9-6-5-7-10-23)28(33)18-30-17-24-11-8-12-26(15-24)37-4;/h5-12,15,21,25,27-28,30,33H,13-14,16-20H2,1-4H3,(H,31,34);1H/p+1/t25?,27-,28+;/m0./s1. The summed E-state index contributed by atoms with van der Waals surface area (Å²) in [7, 11) is -1.88. The Bertz CT molecular complexity index is 1150. The molecule has 0 saturated heterocycles. The SMILES string of the molecule is COc1cccc(CNC[C@@H](O)[C@H](Cc2ccccc2)NC(=O)C(CSC(C)=[OH+])CS(=O)(=O)CCC(C)C)c1.Cl. The van der Waals surface area contributed by atoms with Crippen molar-refractivity contribution in [2.24, 2.45) is 11.8 Å². The van der Waals surface area contributed by atoms with Gasteiger partial charge in [-0.15, -0.1) is 12.4 Å². The Labute approximate surface area is 249 Å². The Balaban J connectivity index is 0.00000800. The normalized spacial score (nSPS) is 13.7. The van der Waals surface area contributed by atoms with Crippen molar-refractivity contribution in [2.75, 3.05) is 30.9 Å². The molecular weight excluding hydrogens is 572 g/mol. The van der Waals surface area contributed by atoms with E-state index in [4.69, 9.17) is 4.74 Å². The molecule has 4 N–H and O–H groups in total. The lowest BCUT2D eigenvalue weighted by Gasteiger charge is -2.27. The van der Waals surface area contributed by atoms with Gasteiger partial charge in [0.2, 0.25) is 5.91 Å². The van der Waals surface area contributed by atoms with Crippen molar-refractivity contribution in [1.29, 1.82) is 0 Å². The molecule has 0 saturated carbocycles. The van der Waals surface area contributed by atoms with Crippen LogP contribution < -0.4 is 15.4 Å². The van der Waals surface area contributed by atoms with Crippen LogP contribution in [0, 0.1) is 11.8 Å². The molecule has 0 aliphatic carbocycles. The lowest BCUT2D eigenvalue weighted by molar-refractivity contribution is -0.125. The van der Waals surface area contributed by atoms with Gasteiger partial charge in [-0.2, -0.15) is 0 Å². The molecule has 0 aliphatic rings. The number of hydrogen-bond donors (Lipinski definition) is 3. The molecule has 0 radical (unpaired) electrons. The van der Waals surface area contributed by atoms with Crippen LogP contribution in [0.15, 0.2) is 54.6 Å². The third kappa shape index (κ3) is 14.0. The number of amides is 1. The Kier molecular flexibility index (Phi) is 16.5. The van der Waals surface area contributed by atoms with Crippen LogP contribution in [0.25, 0.3) is 0 Å². The van der Waals surface area contributed by atoms with E-state index in [1.807, 2.05) is 68.4 Å². The molecular formula is C29H44ClN2O6S2+. The number of carbonyl (C=O) groups is 1. The predicted molar refractivity (Wildman–Crippen MR) is 167 cm³/mol. The van der Waals surface area contributed by atoms with Crippen LogP contribution in [0.3, 0.4) is 0 Å². The van der Waals surface area contributed by atoms with E-state index in [-0.39, 0.29) is 47.2 Å². The summed E-state index contributed by atoms with van der Waals surface area (Å²) in [6.07, 6.45) is -0.0417. The largest absolute Gasteiger partial charge is 0.497 e. The van der Waals surface area contributed by atoms with Gasteiger partial charge in [0.15, 0.2) is 9.84 Å². The van der Waals surface area contributed by atoms with Gasteiger partial charge >= 0.3 is 5.12 Å². The Morgan fingerprint density at radius 1 is 1.10 bits per heavy atom. The molecule has 0 heterocycles. The number of aliphatic hydroxyl groups excluding tert-OH is 1. The van der Waals surface area contributed by atoms with Gasteiger partial charge in [-0.05, 0) is 53.8 Å². The number of halogens is 1. The highest BCUT2D eigenvalue weighted by molar-refractivity contribution is 8.13. The zero-order chi connectivity index (χ0) is 28.8. The summed E-state index contributed by atoms with van der Waals surface area (Å²) in [5.41, 5.74) is 1.93. The van der Waals surface area contributed by atoms with Gasteiger partial charge in [-0.3, -0.25) is 9.59 Å². The molecule has 1 amide bonds. The van der Waals surface area contributed by atoms with Crippen LogP contribution in [-0.4, -0.2) is 72.4 Å². The van der Waals surface area contributed by atoms with E-state index in [2.05, 4.69) is 10.6 Å². The van der Waals surface area contributed by atoms with E-state index < -0.39 is 33.8 Å². The monoisotopic (exact) mass is 615 g/mol. The second-order valence-electron chi connectivity index (χ2n) is 10.2. The van der Waals surface area contributed by atoms with Crippen LogP contribution >= 0.6 is 24.2 Å². The van der Waals surface area contributed by atoms with E-state index >= 15 is 0 Å². The topological polar surface area (TPSA) is 126 Å². The summed E-state index contributed by atoms with van der Waals surface area (Å²) < 4.78 is 30.9. The van der Waals surface area contributed by atoms with Crippen molar-refractivity contribution in [3.05, 3.63) is 65.7 Å². The smallest absolute Gasteiger partial charge is 0.347 e. The molecule has 1 unspecified atom stereocenters. The molecule has 0 fully saturated rings. The summed E-state index contributed by atoms with van der Waals surface area (Å²) in [5.74, 6) is -0.540. The summed E-state index contributed by atoms with van der Waals surface area (Å²) in [6.45, 7) is 6.13. The van der Waals surface area contributed by atoms with Crippen molar-refractivity contribution >= 4 is 45.0 Å². The maximum atomic E-state index is 13.4. The molecule has 0 spiro atoms. The first-order valence-corrected chi connectivity index (χ1v) is 16.0. The van der Waals surface area contributed by atoms with Crippen LogP contribution in [0.5, 0.6) is 5.75 Å². The minimum atomic E-state index is -3.48. The van der Waals surface area contributed by atoms with Crippen molar-refractivity contribution < 1.29 is 27.9 Å². The zero-order valence-corrected chi connectivity index (χ0v) is 26.2. The maximum Gasteiger partial charge on any atom is 0.347 e. The van der Waals surface area contributed by atoms with Gasteiger partial charge in [-0.1, -0.05) is 56.3 Å². The summed E-state index contributed by atoms with van der Waals surface area (Å²) in [6, 6.07) is 16.5. The first-order valence-electron chi connectivity index (χ1n) is 13.2. The van der Waals surface area contributed by atoms with Gasteiger partial charge in [0, 0.05) is 18.8 Å². The minimum absolute atomic E-state index is 0. The number of hydrogen-bond acceptors (Lipinski definition) is 7. The molecule has 224 valence electrons. The molecule has 0 aromatic heterocycles. The molecule has 2 aromatic carbocycles. The predicted octanol–water partition coefficient (Wildman–Crippen LogP) is 3.63. The second-order valence-corrected chi connectivity index (χ2v) is 13.6. The van der Waals surface area contributed by atoms with Crippen LogP contribution in [0.2, 0.25) is 0 Å². The summed E-state index contributed by atoms with van der Waals surface area (Å²) in [4.78, 5) is 23.1. The molecule has 40 heavy (non-hydrogen) atoms. The molecule has 2 aromatic rings. The van der Waals surface area contributed by atoms with Gasteiger partial charge in [0.1, 0.15) is 5.75 Å². The van der Waals surface area contributed by atoms with Crippen molar-refractivity contribution in [3.63, 3.8) is 0 Å². The Morgan fingerprint density at radius 2 is 1.77 bits per heavy atom. The third-order valence-electron chi connectivity index (χ3n) is 6.23. The maximum absolute atomic E-state index is 13.4. The minimum Gasteiger partial charge on any atom is -0.497 e. The van der Waals surface area contributed by atoms with E-state index in [0.717, 1.165) is 28.6 Å². The number of thioether (sulfide) groups is 1. The van der Waals surface area contributed by atoms with Crippen LogP contribution in [-0.2, 0) is 27.6 Å². The fourth-order valence-corrected chi connectivity index (χ4v) is 6.71. The highest BCUT2D eigenvalue weighted by Gasteiger charge is 2.30. The van der Waals surface area contributed by atoms with Gasteiger partial charge in [0.25, 0.3) is 0 Å². The molecule has 11 heteroatoms. The van der Waals surface area contributed by atoms with Crippen molar-refractivity contribution in [3.8, 4) is 5.75 Å². The molecule has 8 nitrogen and oxygen atoms in total. The van der Waals surface area contributed by atoms with Crippen LogP contribution in [0.1, 0.15) is 38.3 Å². The number of aliphatic hydroxyl groups is 1. The number of nitrogens with one attached hydrogen (secondary N) is 2. The highest BCUT2D eigenvalue weighted by atomic mass is 35.5. The number of rotatable bonds is 17. The zero-order valence-electron chi connectivity index (χ0n) is 23.7. The van der Waals surface area contributed by atoms with Gasteiger partial charge in [0.05, 0.1) is 43.6 Å². The fraction of sp³-hybridized carbons (Fsp3) is 0.517. The average Bonchev–Trinajstić information content (AvgIpc) is 2.90. The van der Waals surface area contributed by atoms with E-state index in [1.54, 1.807) is 7.11 Å². The number of benzene rings is 2.